The zero-order chi connectivity index (χ0) is 22.3. The Morgan fingerprint density at radius 1 is 1.10 bits per heavy atom. The number of hydrogen-bond acceptors (Lipinski definition) is 6. The molecule has 1 saturated heterocycles. The molecule has 0 aliphatic carbocycles. The lowest BCUT2D eigenvalue weighted by molar-refractivity contribution is -0.147. The van der Waals surface area contributed by atoms with Gasteiger partial charge >= 0.3 is 5.97 Å². The Bertz CT molecular complexity index is 980. The number of amides is 1. The maximum atomic E-state index is 12.7. The molecule has 1 aliphatic rings. The van der Waals surface area contributed by atoms with E-state index >= 15 is 0 Å². The van der Waals surface area contributed by atoms with Crippen molar-refractivity contribution in [3.05, 3.63) is 53.8 Å². The van der Waals surface area contributed by atoms with Crippen LogP contribution in [0.25, 0.3) is 0 Å². The molecule has 3 rings (SSSR count). The van der Waals surface area contributed by atoms with Crippen LogP contribution in [-0.2, 0) is 26.0 Å². The number of furan rings is 1. The molecule has 1 fully saturated rings. The summed E-state index contributed by atoms with van der Waals surface area (Å²) in [5.74, 6) is -1.67. The molecule has 1 atom stereocenters. The van der Waals surface area contributed by atoms with E-state index in [9.17, 15) is 18.0 Å². The first-order chi connectivity index (χ1) is 14.9. The van der Waals surface area contributed by atoms with Gasteiger partial charge in [-0.15, -0.1) is 0 Å². The molecule has 31 heavy (non-hydrogen) atoms. The summed E-state index contributed by atoms with van der Waals surface area (Å²) in [5, 5.41) is 2.42. The number of esters is 1. The molecule has 0 saturated carbocycles. The lowest BCUT2D eigenvalue weighted by atomic mass is 9.99. The van der Waals surface area contributed by atoms with E-state index in [1.54, 1.807) is 6.92 Å². The first kappa shape index (κ1) is 23.0. The highest BCUT2D eigenvalue weighted by Gasteiger charge is 2.30. The molecule has 1 aromatic carbocycles. The second-order valence-electron chi connectivity index (χ2n) is 7.43. The molecule has 8 nitrogen and oxygen atoms in total. The van der Waals surface area contributed by atoms with Crippen molar-refractivity contribution in [1.82, 2.24) is 9.62 Å². The number of rotatable bonds is 9. The molecule has 0 spiro atoms. The number of carbonyl (C=O) groups excluding carboxylic acids is 2. The molecule has 168 valence electrons. The van der Waals surface area contributed by atoms with Crippen LogP contribution in [0.1, 0.15) is 42.3 Å². The van der Waals surface area contributed by atoms with E-state index in [2.05, 4.69) is 5.32 Å². The summed E-state index contributed by atoms with van der Waals surface area (Å²) in [4.78, 5) is 24.9. The van der Waals surface area contributed by atoms with Crippen LogP contribution in [0.3, 0.4) is 0 Å². The highest BCUT2D eigenvalue weighted by molar-refractivity contribution is 7.89. The third-order valence-electron chi connectivity index (χ3n) is 5.17. The van der Waals surface area contributed by atoms with E-state index in [-0.39, 0.29) is 24.0 Å². The first-order valence-electron chi connectivity index (χ1n) is 10.5. The Balaban J connectivity index is 1.65. The Morgan fingerprint density at radius 2 is 1.81 bits per heavy atom. The number of piperidine rings is 1. The fraction of sp³-hybridized carbons (Fsp3) is 0.455. The van der Waals surface area contributed by atoms with Gasteiger partial charge in [-0.25, -0.2) is 8.42 Å². The molecule has 1 aliphatic heterocycles. The van der Waals surface area contributed by atoms with Gasteiger partial charge in [0.1, 0.15) is 0 Å². The van der Waals surface area contributed by atoms with Crippen molar-refractivity contribution in [2.75, 3.05) is 26.2 Å². The number of ether oxygens (including phenoxy) is 1. The van der Waals surface area contributed by atoms with Crippen LogP contribution in [0.5, 0.6) is 0 Å². The van der Waals surface area contributed by atoms with E-state index < -0.39 is 27.8 Å². The number of benzene rings is 1. The van der Waals surface area contributed by atoms with Gasteiger partial charge in [-0.2, -0.15) is 4.31 Å². The molecule has 1 aromatic heterocycles. The van der Waals surface area contributed by atoms with Gasteiger partial charge in [0, 0.05) is 19.6 Å². The highest BCUT2D eigenvalue weighted by Crippen LogP contribution is 2.22. The summed E-state index contributed by atoms with van der Waals surface area (Å²) in [6, 6.07) is 12.1. The van der Waals surface area contributed by atoms with E-state index in [1.807, 2.05) is 30.3 Å². The van der Waals surface area contributed by atoms with E-state index in [4.69, 9.17) is 9.15 Å². The monoisotopic (exact) mass is 448 g/mol. The van der Waals surface area contributed by atoms with E-state index in [0.717, 1.165) is 24.8 Å². The normalized spacial score (nSPS) is 15.9. The average molecular weight is 449 g/mol. The molecular weight excluding hydrogens is 420 g/mol. The van der Waals surface area contributed by atoms with Gasteiger partial charge in [-0.1, -0.05) is 36.8 Å². The van der Waals surface area contributed by atoms with Crippen LogP contribution < -0.4 is 5.32 Å². The maximum absolute atomic E-state index is 12.7. The standard InChI is InChI=1S/C22H28N2O6S/c1-2-29-22(26)18(15-17-9-5-3-6-10-17)16-23-21(25)19-11-12-20(30-19)31(27,28)24-13-7-4-8-14-24/h3,5-6,9-12,18H,2,4,7-8,13-16H2,1H3,(H,23,25). The zero-order valence-corrected chi connectivity index (χ0v) is 18.4. The van der Waals surface area contributed by atoms with Gasteiger partial charge < -0.3 is 14.5 Å². The quantitative estimate of drug-likeness (QED) is 0.591. The Kier molecular flexibility index (Phi) is 7.86. The SMILES string of the molecule is CCOC(=O)C(CNC(=O)c1ccc(S(=O)(=O)N2CCCCC2)o1)Cc1ccccc1. The minimum Gasteiger partial charge on any atom is -0.466 e. The van der Waals surface area contributed by atoms with Gasteiger partial charge in [-0.3, -0.25) is 9.59 Å². The van der Waals surface area contributed by atoms with Crippen molar-refractivity contribution in [3.63, 3.8) is 0 Å². The molecule has 2 heterocycles. The summed E-state index contributed by atoms with van der Waals surface area (Å²) in [6.07, 6.45) is 3.03. The van der Waals surface area contributed by atoms with Gasteiger partial charge in [-0.05, 0) is 43.9 Å². The van der Waals surface area contributed by atoms with Crippen LogP contribution in [0.2, 0.25) is 0 Å². The minimum absolute atomic E-state index is 0.0431. The summed E-state index contributed by atoms with van der Waals surface area (Å²) in [6.45, 7) is 2.91. The number of hydrogen-bond donors (Lipinski definition) is 1. The average Bonchev–Trinajstić information content (AvgIpc) is 3.29. The lowest BCUT2D eigenvalue weighted by Gasteiger charge is -2.24. The molecule has 1 N–H and O–H groups in total. The largest absolute Gasteiger partial charge is 0.466 e. The maximum Gasteiger partial charge on any atom is 0.311 e. The van der Waals surface area contributed by atoms with Gasteiger partial charge in [0.05, 0.1) is 12.5 Å². The Morgan fingerprint density at radius 3 is 2.48 bits per heavy atom. The molecule has 0 radical (unpaired) electrons. The molecule has 9 heteroatoms. The number of nitrogens with one attached hydrogen (secondary N) is 1. The molecule has 1 amide bonds. The summed E-state index contributed by atoms with van der Waals surface area (Å²) < 4.78 is 37.3. The molecule has 0 bridgehead atoms. The van der Waals surface area contributed by atoms with Gasteiger partial charge in [0.2, 0.25) is 5.09 Å². The predicted molar refractivity (Wildman–Crippen MR) is 114 cm³/mol. The Labute approximate surface area is 182 Å². The van der Waals surface area contributed by atoms with Crippen molar-refractivity contribution in [1.29, 1.82) is 0 Å². The summed E-state index contributed by atoms with van der Waals surface area (Å²) >= 11 is 0. The predicted octanol–water partition coefficient (Wildman–Crippen LogP) is 2.61. The van der Waals surface area contributed by atoms with Crippen LogP contribution in [0, 0.1) is 5.92 Å². The second kappa shape index (κ2) is 10.6. The zero-order valence-electron chi connectivity index (χ0n) is 17.6. The second-order valence-corrected chi connectivity index (χ2v) is 9.30. The summed E-state index contributed by atoms with van der Waals surface area (Å²) in [7, 11) is -3.75. The third kappa shape index (κ3) is 5.95. The van der Waals surface area contributed by atoms with Gasteiger partial charge in [0.25, 0.3) is 15.9 Å². The molecule has 1 unspecified atom stereocenters. The van der Waals surface area contributed by atoms with Crippen LogP contribution in [-0.4, -0.2) is 50.8 Å². The van der Waals surface area contributed by atoms with E-state index in [0.29, 0.717) is 19.5 Å². The number of sulfonamides is 1. The van der Waals surface area contributed by atoms with Crippen molar-refractivity contribution in [3.8, 4) is 0 Å². The van der Waals surface area contributed by atoms with Crippen LogP contribution >= 0.6 is 0 Å². The number of carbonyl (C=O) groups is 2. The van der Waals surface area contributed by atoms with Crippen molar-refractivity contribution >= 4 is 21.9 Å². The fourth-order valence-corrected chi connectivity index (χ4v) is 4.94. The lowest BCUT2D eigenvalue weighted by Crippen LogP contribution is -2.35. The van der Waals surface area contributed by atoms with Crippen molar-refractivity contribution in [2.24, 2.45) is 5.92 Å². The first-order valence-corrected chi connectivity index (χ1v) is 11.9. The summed E-state index contributed by atoms with van der Waals surface area (Å²) in [5.41, 5.74) is 0.947. The Hall–Kier alpha value is -2.65. The molecular formula is C22H28N2O6S. The van der Waals surface area contributed by atoms with Crippen LogP contribution in [0.15, 0.2) is 52.0 Å². The topological polar surface area (TPSA) is 106 Å². The fourth-order valence-electron chi connectivity index (χ4n) is 3.51. The van der Waals surface area contributed by atoms with Crippen molar-refractivity contribution in [2.45, 2.75) is 37.7 Å². The number of nitrogens with zero attached hydrogens (tertiary/aromatic N) is 1. The van der Waals surface area contributed by atoms with Gasteiger partial charge in [0.15, 0.2) is 5.76 Å². The smallest absolute Gasteiger partial charge is 0.311 e. The van der Waals surface area contributed by atoms with Crippen LogP contribution in [0.4, 0.5) is 0 Å². The highest BCUT2D eigenvalue weighted by atomic mass is 32.2. The molecule has 2 aromatic rings. The van der Waals surface area contributed by atoms with E-state index in [1.165, 1.54) is 16.4 Å². The minimum atomic E-state index is -3.75. The third-order valence-corrected chi connectivity index (χ3v) is 6.94. The van der Waals surface area contributed by atoms with Crippen molar-refractivity contribution < 1.29 is 27.2 Å².